The van der Waals surface area contributed by atoms with Gasteiger partial charge in [0.15, 0.2) is 0 Å². The standard InChI is InChI=1S/C13H27NO5/c1-5-14-13(2,12(15)17-4)11-19-10-9-18-8-6-7-16-3/h14H,5-11H2,1-4H3. The third-order valence-corrected chi connectivity index (χ3v) is 2.60. The fraction of sp³-hybridized carbons (Fsp3) is 0.923. The molecule has 0 fully saturated rings. The average Bonchev–Trinajstić information content (AvgIpc) is 2.41. The number of methoxy groups -OCH3 is 2. The maximum atomic E-state index is 11.7. The Kier molecular flexibility index (Phi) is 10.8. The second-order valence-electron chi connectivity index (χ2n) is 4.37. The van der Waals surface area contributed by atoms with Gasteiger partial charge in [-0.1, -0.05) is 6.92 Å². The Hall–Kier alpha value is -0.690. The van der Waals surface area contributed by atoms with Gasteiger partial charge in [-0.3, -0.25) is 0 Å². The van der Waals surface area contributed by atoms with E-state index in [2.05, 4.69) is 5.32 Å². The van der Waals surface area contributed by atoms with Crippen molar-refractivity contribution in [1.29, 1.82) is 0 Å². The molecule has 1 atom stereocenters. The first-order valence-electron chi connectivity index (χ1n) is 6.58. The largest absolute Gasteiger partial charge is 0.468 e. The van der Waals surface area contributed by atoms with Crippen LogP contribution in [0.4, 0.5) is 0 Å². The molecule has 1 unspecified atom stereocenters. The number of hydrogen-bond acceptors (Lipinski definition) is 6. The Morgan fingerprint density at radius 1 is 1.11 bits per heavy atom. The molecule has 0 rings (SSSR count). The smallest absolute Gasteiger partial charge is 0.328 e. The molecule has 1 N–H and O–H groups in total. The number of esters is 1. The minimum Gasteiger partial charge on any atom is -0.468 e. The Morgan fingerprint density at radius 3 is 2.37 bits per heavy atom. The van der Waals surface area contributed by atoms with Crippen molar-refractivity contribution < 1.29 is 23.7 Å². The topological polar surface area (TPSA) is 66.0 Å². The molecule has 0 heterocycles. The molecule has 0 bridgehead atoms. The van der Waals surface area contributed by atoms with E-state index in [0.29, 0.717) is 33.0 Å². The molecular formula is C13H27NO5. The number of carbonyl (C=O) groups excluding carboxylic acids is 1. The average molecular weight is 277 g/mol. The molecule has 0 radical (unpaired) electrons. The predicted molar refractivity (Wildman–Crippen MR) is 72.2 cm³/mol. The Morgan fingerprint density at radius 2 is 1.79 bits per heavy atom. The van der Waals surface area contributed by atoms with Crippen LogP contribution in [0.2, 0.25) is 0 Å². The van der Waals surface area contributed by atoms with Crippen molar-refractivity contribution in [3.8, 4) is 0 Å². The molecule has 0 aliphatic heterocycles. The van der Waals surface area contributed by atoms with Crippen molar-refractivity contribution in [2.75, 3.05) is 53.8 Å². The van der Waals surface area contributed by atoms with Crippen LogP contribution in [-0.4, -0.2) is 65.3 Å². The molecule has 6 heteroatoms. The quantitative estimate of drug-likeness (QED) is 0.416. The van der Waals surface area contributed by atoms with Gasteiger partial charge in [-0.25, -0.2) is 4.79 Å². The van der Waals surface area contributed by atoms with E-state index < -0.39 is 5.54 Å². The molecule has 0 amide bonds. The van der Waals surface area contributed by atoms with Gasteiger partial charge in [-0.2, -0.15) is 0 Å². The highest BCUT2D eigenvalue weighted by molar-refractivity contribution is 5.80. The third-order valence-electron chi connectivity index (χ3n) is 2.60. The van der Waals surface area contributed by atoms with Crippen molar-refractivity contribution in [3.05, 3.63) is 0 Å². The minimum atomic E-state index is -0.806. The van der Waals surface area contributed by atoms with Crippen LogP contribution in [0, 0.1) is 0 Å². The lowest BCUT2D eigenvalue weighted by molar-refractivity contribution is -0.150. The first kappa shape index (κ1) is 18.3. The Labute approximate surface area is 115 Å². The second-order valence-corrected chi connectivity index (χ2v) is 4.37. The van der Waals surface area contributed by atoms with E-state index in [1.54, 1.807) is 14.0 Å². The third kappa shape index (κ3) is 8.15. The van der Waals surface area contributed by atoms with Gasteiger partial charge in [-0.05, 0) is 19.9 Å². The van der Waals surface area contributed by atoms with Gasteiger partial charge in [0.05, 0.1) is 26.9 Å². The number of nitrogens with one attached hydrogen (secondary N) is 1. The van der Waals surface area contributed by atoms with Crippen LogP contribution in [0.15, 0.2) is 0 Å². The fourth-order valence-corrected chi connectivity index (χ4v) is 1.60. The molecule has 0 aromatic carbocycles. The van der Waals surface area contributed by atoms with Crippen molar-refractivity contribution in [1.82, 2.24) is 5.32 Å². The lowest BCUT2D eigenvalue weighted by Crippen LogP contribution is -2.53. The van der Waals surface area contributed by atoms with E-state index in [-0.39, 0.29) is 12.6 Å². The van der Waals surface area contributed by atoms with Gasteiger partial charge in [0.25, 0.3) is 0 Å². The molecule has 0 saturated heterocycles. The summed E-state index contributed by atoms with van der Waals surface area (Å²) < 4.78 is 20.5. The summed E-state index contributed by atoms with van der Waals surface area (Å²) in [6.45, 7) is 6.93. The van der Waals surface area contributed by atoms with Crippen LogP contribution in [0.1, 0.15) is 20.3 Å². The number of hydrogen-bond donors (Lipinski definition) is 1. The highest BCUT2D eigenvalue weighted by atomic mass is 16.5. The van der Waals surface area contributed by atoms with Crippen LogP contribution in [-0.2, 0) is 23.7 Å². The second kappa shape index (κ2) is 11.2. The van der Waals surface area contributed by atoms with Gasteiger partial charge in [0, 0.05) is 20.3 Å². The molecule has 0 aliphatic rings. The highest BCUT2D eigenvalue weighted by Gasteiger charge is 2.33. The predicted octanol–water partition coefficient (Wildman–Crippen LogP) is 0.597. The molecule has 0 saturated carbocycles. The number of carbonyl (C=O) groups is 1. The molecule has 6 nitrogen and oxygen atoms in total. The van der Waals surface area contributed by atoms with E-state index >= 15 is 0 Å². The van der Waals surface area contributed by atoms with Gasteiger partial charge in [0.2, 0.25) is 0 Å². The van der Waals surface area contributed by atoms with E-state index in [4.69, 9.17) is 18.9 Å². The summed E-state index contributed by atoms with van der Waals surface area (Å²) in [7, 11) is 3.04. The summed E-state index contributed by atoms with van der Waals surface area (Å²) in [4.78, 5) is 11.7. The fourth-order valence-electron chi connectivity index (χ4n) is 1.60. The highest BCUT2D eigenvalue weighted by Crippen LogP contribution is 2.07. The van der Waals surface area contributed by atoms with Gasteiger partial charge in [-0.15, -0.1) is 0 Å². The molecule has 0 aromatic heterocycles. The summed E-state index contributed by atoms with van der Waals surface area (Å²) in [6, 6.07) is 0. The zero-order valence-corrected chi connectivity index (χ0v) is 12.5. The maximum absolute atomic E-state index is 11.7. The summed E-state index contributed by atoms with van der Waals surface area (Å²) in [5.74, 6) is -0.324. The first-order valence-corrected chi connectivity index (χ1v) is 6.58. The minimum absolute atomic E-state index is 0.259. The normalized spacial score (nSPS) is 14.1. The lowest BCUT2D eigenvalue weighted by atomic mass is 10.0. The van der Waals surface area contributed by atoms with E-state index in [9.17, 15) is 4.79 Å². The number of ether oxygens (including phenoxy) is 4. The Balaban J connectivity index is 3.73. The van der Waals surface area contributed by atoms with E-state index in [0.717, 1.165) is 6.42 Å². The molecule has 19 heavy (non-hydrogen) atoms. The zero-order chi connectivity index (χ0) is 14.6. The van der Waals surface area contributed by atoms with Crippen molar-refractivity contribution in [3.63, 3.8) is 0 Å². The van der Waals surface area contributed by atoms with Crippen molar-refractivity contribution in [2.45, 2.75) is 25.8 Å². The lowest BCUT2D eigenvalue weighted by Gasteiger charge is -2.27. The SMILES string of the molecule is CCNC(C)(COCCOCCCOC)C(=O)OC. The summed E-state index contributed by atoms with van der Waals surface area (Å²) in [5, 5.41) is 3.07. The Bertz CT molecular complexity index is 237. The molecule has 0 spiro atoms. The monoisotopic (exact) mass is 277 g/mol. The van der Waals surface area contributed by atoms with Gasteiger partial charge in [0.1, 0.15) is 5.54 Å². The molecule has 0 aliphatic carbocycles. The van der Waals surface area contributed by atoms with Crippen molar-refractivity contribution >= 4 is 5.97 Å². The summed E-state index contributed by atoms with van der Waals surface area (Å²) in [5.41, 5.74) is -0.806. The molecule has 0 aromatic rings. The van der Waals surface area contributed by atoms with Crippen LogP contribution >= 0.6 is 0 Å². The zero-order valence-electron chi connectivity index (χ0n) is 12.5. The van der Waals surface area contributed by atoms with Crippen molar-refractivity contribution in [2.24, 2.45) is 0 Å². The molecular weight excluding hydrogens is 250 g/mol. The van der Waals surface area contributed by atoms with Crippen LogP contribution in [0.25, 0.3) is 0 Å². The van der Waals surface area contributed by atoms with Gasteiger partial charge >= 0.3 is 5.97 Å². The van der Waals surface area contributed by atoms with Crippen LogP contribution < -0.4 is 5.32 Å². The maximum Gasteiger partial charge on any atom is 0.328 e. The molecule has 114 valence electrons. The van der Waals surface area contributed by atoms with Gasteiger partial charge < -0.3 is 24.3 Å². The number of likely N-dealkylation sites (N-methyl/N-ethyl adjacent to an activating group) is 1. The van der Waals surface area contributed by atoms with Crippen LogP contribution in [0.3, 0.4) is 0 Å². The van der Waals surface area contributed by atoms with E-state index in [1.165, 1.54) is 7.11 Å². The summed E-state index contributed by atoms with van der Waals surface area (Å²) in [6.07, 6.45) is 0.869. The van der Waals surface area contributed by atoms with Crippen LogP contribution in [0.5, 0.6) is 0 Å². The summed E-state index contributed by atoms with van der Waals surface area (Å²) >= 11 is 0. The van der Waals surface area contributed by atoms with E-state index in [1.807, 2.05) is 6.92 Å². The number of rotatable bonds is 12. The first-order chi connectivity index (χ1) is 9.10.